The fourth-order valence-electron chi connectivity index (χ4n) is 1.40. The largest absolute Gasteiger partial charge is 0.446 e. The zero-order valence-electron chi connectivity index (χ0n) is 9.75. The first kappa shape index (κ1) is 12.6. The molecule has 0 bridgehead atoms. The Balaban J connectivity index is 2.30. The van der Waals surface area contributed by atoms with Crippen LogP contribution in [-0.4, -0.2) is 13.4 Å². The highest BCUT2D eigenvalue weighted by molar-refractivity contribution is 7.92. The standard InChI is InChI=1S/C11H13N3O3S/c1-8-10(3-2-6-13-8)14-18(15,16)11-5-4-9(7-12)17-11/h2-6,14H,7,12H2,1H3. The van der Waals surface area contributed by atoms with Crippen LogP contribution in [0, 0.1) is 6.92 Å². The number of aryl methyl sites for hydroxylation is 1. The molecule has 0 spiro atoms. The highest BCUT2D eigenvalue weighted by atomic mass is 32.2. The molecule has 2 rings (SSSR count). The first-order valence-corrected chi connectivity index (χ1v) is 6.74. The van der Waals surface area contributed by atoms with E-state index >= 15 is 0 Å². The van der Waals surface area contributed by atoms with E-state index in [0.29, 0.717) is 17.1 Å². The van der Waals surface area contributed by atoms with E-state index in [1.165, 1.54) is 12.1 Å². The van der Waals surface area contributed by atoms with Gasteiger partial charge in [-0.15, -0.1) is 0 Å². The lowest BCUT2D eigenvalue weighted by Crippen LogP contribution is -2.13. The van der Waals surface area contributed by atoms with E-state index in [0.717, 1.165) is 0 Å². The number of rotatable bonds is 4. The van der Waals surface area contributed by atoms with E-state index in [2.05, 4.69) is 9.71 Å². The van der Waals surface area contributed by atoms with Crippen LogP contribution in [0.4, 0.5) is 5.69 Å². The molecular formula is C11H13N3O3S. The van der Waals surface area contributed by atoms with Crippen molar-refractivity contribution in [2.75, 3.05) is 4.72 Å². The van der Waals surface area contributed by atoms with Crippen molar-refractivity contribution in [3.8, 4) is 0 Å². The third-order valence-electron chi connectivity index (χ3n) is 2.35. The third-order valence-corrected chi connectivity index (χ3v) is 3.59. The molecule has 0 fully saturated rings. The van der Waals surface area contributed by atoms with Crippen LogP contribution in [0.2, 0.25) is 0 Å². The molecular weight excluding hydrogens is 254 g/mol. The molecule has 2 aromatic heterocycles. The van der Waals surface area contributed by atoms with Gasteiger partial charge in [-0.1, -0.05) is 0 Å². The van der Waals surface area contributed by atoms with Gasteiger partial charge in [-0.3, -0.25) is 9.71 Å². The first-order valence-electron chi connectivity index (χ1n) is 5.26. The van der Waals surface area contributed by atoms with Gasteiger partial charge in [0.1, 0.15) is 5.76 Å². The van der Waals surface area contributed by atoms with Crippen LogP contribution in [0.15, 0.2) is 40.0 Å². The molecule has 0 radical (unpaired) electrons. The van der Waals surface area contributed by atoms with Crippen molar-refractivity contribution >= 4 is 15.7 Å². The summed E-state index contributed by atoms with van der Waals surface area (Å²) >= 11 is 0. The van der Waals surface area contributed by atoms with Crippen LogP contribution < -0.4 is 10.5 Å². The topological polar surface area (TPSA) is 98.2 Å². The minimum Gasteiger partial charge on any atom is -0.446 e. The summed E-state index contributed by atoms with van der Waals surface area (Å²) in [5.41, 5.74) is 6.37. The van der Waals surface area contributed by atoms with Crippen LogP contribution in [0.25, 0.3) is 0 Å². The van der Waals surface area contributed by atoms with Gasteiger partial charge in [0.05, 0.1) is 17.9 Å². The highest BCUT2D eigenvalue weighted by Crippen LogP contribution is 2.19. The number of pyridine rings is 1. The molecule has 18 heavy (non-hydrogen) atoms. The van der Waals surface area contributed by atoms with Crippen LogP contribution in [0.5, 0.6) is 0 Å². The molecule has 0 saturated carbocycles. The van der Waals surface area contributed by atoms with Gasteiger partial charge in [0.15, 0.2) is 0 Å². The average molecular weight is 267 g/mol. The smallest absolute Gasteiger partial charge is 0.295 e. The maximum absolute atomic E-state index is 12.0. The Morgan fingerprint density at radius 2 is 2.17 bits per heavy atom. The van der Waals surface area contributed by atoms with Gasteiger partial charge in [0, 0.05) is 6.20 Å². The van der Waals surface area contributed by atoms with E-state index in [1.807, 2.05) is 0 Å². The summed E-state index contributed by atoms with van der Waals surface area (Å²) in [7, 11) is -3.74. The van der Waals surface area contributed by atoms with E-state index in [-0.39, 0.29) is 11.6 Å². The molecule has 0 unspecified atom stereocenters. The van der Waals surface area contributed by atoms with Crippen LogP contribution >= 0.6 is 0 Å². The summed E-state index contributed by atoms with van der Waals surface area (Å²) < 4.78 is 31.5. The molecule has 0 amide bonds. The Kier molecular flexibility index (Phi) is 3.35. The molecule has 7 heteroatoms. The van der Waals surface area contributed by atoms with E-state index in [9.17, 15) is 8.42 Å². The average Bonchev–Trinajstić information content (AvgIpc) is 2.81. The monoisotopic (exact) mass is 267 g/mol. The van der Waals surface area contributed by atoms with E-state index in [1.54, 1.807) is 25.3 Å². The Hall–Kier alpha value is -1.86. The zero-order chi connectivity index (χ0) is 13.2. The maximum atomic E-state index is 12.0. The lowest BCUT2D eigenvalue weighted by molar-refractivity contribution is 0.417. The lowest BCUT2D eigenvalue weighted by Gasteiger charge is -2.07. The van der Waals surface area contributed by atoms with Gasteiger partial charge in [0.25, 0.3) is 10.0 Å². The zero-order valence-corrected chi connectivity index (χ0v) is 10.6. The second-order valence-corrected chi connectivity index (χ2v) is 5.28. The minimum atomic E-state index is -3.74. The first-order chi connectivity index (χ1) is 8.53. The van der Waals surface area contributed by atoms with Crippen molar-refractivity contribution in [2.45, 2.75) is 18.6 Å². The second-order valence-electron chi connectivity index (χ2n) is 3.67. The molecule has 2 heterocycles. The van der Waals surface area contributed by atoms with Crippen molar-refractivity contribution in [3.63, 3.8) is 0 Å². The number of hydrogen-bond donors (Lipinski definition) is 2. The summed E-state index contributed by atoms with van der Waals surface area (Å²) in [5.74, 6) is 0.415. The highest BCUT2D eigenvalue weighted by Gasteiger charge is 2.19. The second kappa shape index (κ2) is 4.79. The predicted octanol–water partition coefficient (Wildman–Crippen LogP) is 1.24. The quantitative estimate of drug-likeness (QED) is 0.868. The molecule has 0 aliphatic carbocycles. The number of hydrogen-bond acceptors (Lipinski definition) is 5. The molecule has 2 aromatic rings. The summed E-state index contributed by atoms with van der Waals surface area (Å²) in [6, 6.07) is 6.19. The Labute approximate surface area is 105 Å². The molecule has 0 saturated heterocycles. The van der Waals surface area contributed by atoms with Crippen molar-refractivity contribution in [2.24, 2.45) is 5.73 Å². The number of nitrogens with zero attached hydrogens (tertiary/aromatic N) is 1. The molecule has 0 aliphatic heterocycles. The number of aromatic nitrogens is 1. The van der Waals surface area contributed by atoms with Crippen LogP contribution in [0.1, 0.15) is 11.5 Å². The Morgan fingerprint density at radius 1 is 1.39 bits per heavy atom. The van der Waals surface area contributed by atoms with Gasteiger partial charge in [-0.25, -0.2) is 0 Å². The molecule has 0 aromatic carbocycles. The lowest BCUT2D eigenvalue weighted by atomic mass is 10.3. The predicted molar refractivity (Wildman–Crippen MR) is 66.4 cm³/mol. The van der Waals surface area contributed by atoms with Gasteiger partial charge >= 0.3 is 0 Å². The molecule has 96 valence electrons. The van der Waals surface area contributed by atoms with Crippen LogP contribution in [-0.2, 0) is 16.6 Å². The van der Waals surface area contributed by atoms with Crippen molar-refractivity contribution < 1.29 is 12.8 Å². The summed E-state index contributed by atoms with van der Waals surface area (Å²) in [4.78, 5) is 4.00. The maximum Gasteiger partial charge on any atom is 0.295 e. The number of nitrogens with two attached hydrogens (primary N) is 1. The SMILES string of the molecule is Cc1ncccc1NS(=O)(=O)c1ccc(CN)o1. The van der Waals surface area contributed by atoms with E-state index in [4.69, 9.17) is 10.2 Å². The van der Waals surface area contributed by atoms with Gasteiger partial charge < -0.3 is 10.2 Å². The summed E-state index contributed by atoms with van der Waals surface area (Å²) in [5, 5.41) is -0.161. The van der Waals surface area contributed by atoms with Gasteiger partial charge in [0.2, 0.25) is 5.09 Å². The van der Waals surface area contributed by atoms with Gasteiger partial charge in [-0.05, 0) is 31.2 Å². The number of nitrogens with one attached hydrogen (secondary N) is 1. The van der Waals surface area contributed by atoms with E-state index < -0.39 is 10.0 Å². The van der Waals surface area contributed by atoms with Crippen LogP contribution in [0.3, 0.4) is 0 Å². The third kappa shape index (κ3) is 2.52. The minimum absolute atomic E-state index is 0.154. The number of anilines is 1. The summed E-state index contributed by atoms with van der Waals surface area (Å²) in [6.07, 6.45) is 1.59. The molecule has 0 atom stereocenters. The fourth-order valence-corrected chi connectivity index (χ4v) is 2.47. The van der Waals surface area contributed by atoms with Gasteiger partial charge in [-0.2, -0.15) is 8.42 Å². The van der Waals surface area contributed by atoms with Crippen molar-refractivity contribution in [1.29, 1.82) is 0 Å². The molecule has 3 N–H and O–H groups in total. The number of sulfonamides is 1. The molecule has 0 aliphatic rings. The summed E-state index contributed by atoms with van der Waals surface area (Å²) in [6.45, 7) is 1.87. The Morgan fingerprint density at radius 3 is 2.78 bits per heavy atom. The Bertz CT molecular complexity index is 649. The van der Waals surface area contributed by atoms with Crippen molar-refractivity contribution in [3.05, 3.63) is 41.9 Å². The number of furan rings is 1. The van der Waals surface area contributed by atoms with Crippen molar-refractivity contribution in [1.82, 2.24) is 4.98 Å². The molecule has 6 nitrogen and oxygen atoms in total. The normalized spacial score (nSPS) is 11.4. The fraction of sp³-hybridized carbons (Fsp3) is 0.182.